The molecule has 0 radical (unpaired) electrons. The Morgan fingerprint density at radius 3 is 2.55 bits per heavy atom. The van der Waals surface area contributed by atoms with Gasteiger partial charge in [0.15, 0.2) is 17.6 Å². The third kappa shape index (κ3) is 4.42. The van der Waals surface area contributed by atoms with Crippen LogP contribution >= 0.6 is 0 Å². The number of hydrogen-bond donors (Lipinski definition) is 2. The monoisotopic (exact) mass is 280 g/mol. The van der Waals surface area contributed by atoms with E-state index >= 15 is 0 Å². The molecule has 5 nitrogen and oxygen atoms in total. The van der Waals surface area contributed by atoms with Gasteiger partial charge in [-0.1, -0.05) is 12.1 Å². The first kappa shape index (κ1) is 16.3. The fraction of sp³-hybridized carbons (Fsp3) is 0.533. The number of ether oxygens (including phenoxy) is 2. The van der Waals surface area contributed by atoms with E-state index < -0.39 is 6.10 Å². The molecule has 1 atom stereocenters. The van der Waals surface area contributed by atoms with Gasteiger partial charge in [0.2, 0.25) is 0 Å². The number of rotatable bonds is 5. The molecule has 20 heavy (non-hydrogen) atoms. The van der Waals surface area contributed by atoms with Crippen LogP contribution in [-0.4, -0.2) is 24.7 Å². The van der Waals surface area contributed by atoms with Gasteiger partial charge >= 0.3 is 0 Å². The van der Waals surface area contributed by atoms with Crippen LogP contribution in [0.4, 0.5) is 0 Å². The molecule has 0 aromatic heterocycles. The van der Waals surface area contributed by atoms with E-state index in [1.807, 2.05) is 32.9 Å². The van der Waals surface area contributed by atoms with E-state index in [0.717, 1.165) is 5.56 Å². The highest BCUT2D eigenvalue weighted by Gasteiger charge is 2.22. The Hall–Kier alpha value is -1.75. The summed E-state index contributed by atoms with van der Waals surface area (Å²) >= 11 is 0. The predicted molar refractivity (Wildman–Crippen MR) is 78.9 cm³/mol. The van der Waals surface area contributed by atoms with Crippen molar-refractivity contribution in [1.29, 1.82) is 0 Å². The second-order valence-electron chi connectivity index (χ2n) is 5.65. The summed E-state index contributed by atoms with van der Waals surface area (Å²) in [5, 5.41) is 2.88. The Morgan fingerprint density at radius 1 is 1.40 bits per heavy atom. The predicted octanol–water partition coefficient (Wildman–Crippen LogP) is 1.84. The third-order valence-corrected chi connectivity index (χ3v) is 2.66. The summed E-state index contributed by atoms with van der Waals surface area (Å²) in [6.07, 6.45) is -0.629. The summed E-state index contributed by atoms with van der Waals surface area (Å²) in [7, 11) is 1.56. The molecule has 0 aliphatic carbocycles. The van der Waals surface area contributed by atoms with Gasteiger partial charge in [0, 0.05) is 17.6 Å². The first-order valence-corrected chi connectivity index (χ1v) is 6.63. The number of amides is 1. The summed E-state index contributed by atoms with van der Waals surface area (Å²) in [4.78, 5) is 12.1. The van der Waals surface area contributed by atoms with Gasteiger partial charge in [-0.2, -0.15) is 0 Å². The lowest BCUT2D eigenvalue weighted by Crippen LogP contribution is -2.46. The number of carbonyl (C=O) groups excluding carboxylic acids is 1. The highest BCUT2D eigenvalue weighted by Crippen LogP contribution is 2.31. The molecule has 0 aliphatic heterocycles. The van der Waals surface area contributed by atoms with Gasteiger partial charge in [-0.05, 0) is 33.8 Å². The van der Waals surface area contributed by atoms with Gasteiger partial charge in [0.25, 0.3) is 5.91 Å². The minimum Gasteiger partial charge on any atom is -0.493 e. The summed E-state index contributed by atoms with van der Waals surface area (Å²) in [6.45, 7) is 7.79. The smallest absolute Gasteiger partial charge is 0.261 e. The number of methoxy groups -OCH3 is 1. The van der Waals surface area contributed by atoms with E-state index in [2.05, 4.69) is 5.32 Å². The van der Waals surface area contributed by atoms with Crippen molar-refractivity contribution >= 4 is 5.91 Å². The molecule has 0 spiro atoms. The molecule has 0 saturated heterocycles. The Bertz CT molecular complexity index is 444. The van der Waals surface area contributed by atoms with Crippen LogP contribution in [0.5, 0.6) is 11.5 Å². The second-order valence-corrected chi connectivity index (χ2v) is 5.65. The maximum absolute atomic E-state index is 12.1. The molecule has 5 heteroatoms. The quantitative estimate of drug-likeness (QED) is 0.863. The van der Waals surface area contributed by atoms with E-state index in [1.54, 1.807) is 20.1 Å². The van der Waals surface area contributed by atoms with Crippen molar-refractivity contribution in [2.75, 3.05) is 7.11 Å². The van der Waals surface area contributed by atoms with Crippen molar-refractivity contribution in [3.63, 3.8) is 0 Å². The maximum atomic E-state index is 12.1. The fourth-order valence-electron chi connectivity index (χ4n) is 1.72. The number of nitrogens with one attached hydrogen (secondary N) is 1. The Kier molecular flexibility index (Phi) is 5.39. The molecule has 0 heterocycles. The summed E-state index contributed by atoms with van der Waals surface area (Å²) in [5.41, 5.74) is 6.20. The number of para-hydroxylation sites is 1. The lowest BCUT2D eigenvalue weighted by molar-refractivity contribution is -0.128. The maximum Gasteiger partial charge on any atom is 0.261 e. The van der Waals surface area contributed by atoms with Crippen LogP contribution in [-0.2, 0) is 11.3 Å². The van der Waals surface area contributed by atoms with Crippen molar-refractivity contribution in [2.24, 2.45) is 5.73 Å². The van der Waals surface area contributed by atoms with Crippen LogP contribution in [0.2, 0.25) is 0 Å². The SMILES string of the molecule is COc1cccc(CN)c1OC(C)C(=O)NC(C)(C)C. The number of nitrogens with two attached hydrogens (primary N) is 1. The van der Waals surface area contributed by atoms with Crippen LogP contribution in [0.3, 0.4) is 0 Å². The van der Waals surface area contributed by atoms with Crippen LogP contribution in [0.15, 0.2) is 18.2 Å². The van der Waals surface area contributed by atoms with Crippen LogP contribution in [0.25, 0.3) is 0 Å². The van der Waals surface area contributed by atoms with E-state index in [9.17, 15) is 4.79 Å². The minimum atomic E-state index is -0.629. The number of hydrogen-bond acceptors (Lipinski definition) is 4. The topological polar surface area (TPSA) is 73.6 Å². The molecule has 112 valence electrons. The lowest BCUT2D eigenvalue weighted by Gasteiger charge is -2.24. The molecule has 3 N–H and O–H groups in total. The highest BCUT2D eigenvalue weighted by molar-refractivity contribution is 5.81. The van der Waals surface area contributed by atoms with E-state index in [1.165, 1.54) is 0 Å². The first-order chi connectivity index (χ1) is 9.28. The number of benzene rings is 1. The Labute approximate surface area is 120 Å². The van der Waals surface area contributed by atoms with Gasteiger partial charge < -0.3 is 20.5 Å². The molecule has 0 fully saturated rings. The zero-order chi connectivity index (χ0) is 15.3. The van der Waals surface area contributed by atoms with Gasteiger partial charge in [-0.3, -0.25) is 4.79 Å². The highest BCUT2D eigenvalue weighted by atomic mass is 16.5. The molecule has 1 amide bonds. The molecule has 0 bridgehead atoms. The van der Waals surface area contributed by atoms with Crippen LogP contribution in [0.1, 0.15) is 33.3 Å². The molecular weight excluding hydrogens is 256 g/mol. The Balaban J connectivity index is 2.90. The van der Waals surface area contributed by atoms with Crippen molar-refractivity contribution < 1.29 is 14.3 Å². The first-order valence-electron chi connectivity index (χ1n) is 6.63. The molecule has 1 aromatic carbocycles. The average Bonchev–Trinajstić information content (AvgIpc) is 2.36. The average molecular weight is 280 g/mol. The van der Waals surface area contributed by atoms with Gasteiger partial charge in [0.1, 0.15) is 0 Å². The normalized spacial score (nSPS) is 12.7. The molecular formula is C15H24N2O3. The zero-order valence-corrected chi connectivity index (χ0v) is 12.8. The van der Waals surface area contributed by atoms with E-state index in [-0.39, 0.29) is 11.4 Å². The molecule has 0 saturated carbocycles. The Morgan fingerprint density at radius 2 is 2.05 bits per heavy atom. The van der Waals surface area contributed by atoms with Gasteiger partial charge in [0.05, 0.1) is 7.11 Å². The summed E-state index contributed by atoms with van der Waals surface area (Å²) in [5.74, 6) is 0.920. The van der Waals surface area contributed by atoms with Crippen molar-refractivity contribution in [1.82, 2.24) is 5.32 Å². The zero-order valence-electron chi connectivity index (χ0n) is 12.8. The van der Waals surface area contributed by atoms with Gasteiger partial charge in [-0.25, -0.2) is 0 Å². The van der Waals surface area contributed by atoms with E-state index in [4.69, 9.17) is 15.2 Å². The fourth-order valence-corrected chi connectivity index (χ4v) is 1.72. The molecule has 0 aliphatic rings. The molecule has 1 unspecified atom stereocenters. The van der Waals surface area contributed by atoms with Crippen molar-refractivity contribution in [2.45, 2.75) is 45.9 Å². The van der Waals surface area contributed by atoms with Crippen molar-refractivity contribution in [3.8, 4) is 11.5 Å². The van der Waals surface area contributed by atoms with Gasteiger partial charge in [-0.15, -0.1) is 0 Å². The second kappa shape index (κ2) is 6.61. The van der Waals surface area contributed by atoms with Crippen molar-refractivity contribution in [3.05, 3.63) is 23.8 Å². The summed E-state index contributed by atoms with van der Waals surface area (Å²) in [6, 6.07) is 5.48. The third-order valence-electron chi connectivity index (χ3n) is 2.66. The summed E-state index contributed by atoms with van der Waals surface area (Å²) < 4.78 is 11.0. The largest absolute Gasteiger partial charge is 0.493 e. The number of carbonyl (C=O) groups is 1. The molecule has 1 rings (SSSR count). The van der Waals surface area contributed by atoms with Crippen LogP contribution < -0.4 is 20.5 Å². The molecule has 1 aromatic rings. The van der Waals surface area contributed by atoms with E-state index in [0.29, 0.717) is 18.0 Å². The minimum absolute atomic E-state index is 0.175. The lowest BCUT2D eigenvalue weighted by atomic mass is 10.1. The standard InChI is InChI=1S/C15H24N2O3/c1-10(14(18)17-15(2,3)4)20-13-11(9-16)7-6-8-12(13)19-5/h6-8,10H,9,16H2,1-5H3,(H,17,18). The van der Waals surface area contributed by atoms with Crippen LogP contribution in [0, 0.1) is 0 Å².